The molecule has 2 amide bonds. The molecule has 1 aliphatic rings. The van der Waals surface area contributed by atoms with Crippen molar-refractivity contribution in [2.24, 2.45) is 0 Å². The lowest BCUT2D eigenvalue weighted by Crippen LogP contribution is -2.50. The molecule has 5 nitrogen and oxygen atoms in total. The van der Waals surface area contributed by atoms with Gasteiger partial charge in [0.1, 0.15) is 0 Å². The Morgan fingerprint density at radius 3 is 2.38 bits per heavy atom. The van der Waals surface area contributed by atoms with Crippen molar-refractivity contribution in [3.63, 3.8) is 0 Å². The van der Waals surface area contributed by atoms with Crippen LogP contribution in [-0.4, -0.2) is 18.6 Å². The maximum atomic E-state index is 12.5. The van der Waals surface area contributed by atoms with E-state index in [9.17, 15) is 9.59 Å². The molecule has 6 heteroatoms. The first-order valence-electron chi connectivity index (χ1n) is 7.08. The number of nitrogens with one attached hydrogen (secondary N) is 2. The maximum Gasteiger partial charge on any atom is 0.426 e. The van der Waals surface area contributed by atoms with Crippen LogP contribution < -0.4 is 10.9 Å². The Balaban J connectivity index is 2.12. The minimum atomic E-state index is -0.657. The monoisotopic (exact) mass is 310 g/mol. The zero-order chi connectivity index (χ0) is 15.3. The molecule has 0 heterocycles. The van der Waals surface area contributed by atoms with Gasteiger partial charge in [0.2, 0.25) is 5.91 Å². The number of amides is 2. The lowest BCUT2D eigenvalue weighted by Gasteiger charge is -2.28. The first-order valence-corrected chi connectivity index (χ1v) is 7.45. The Bertz CT molecular complexity index is 510. The Kier molecular flexibility index (Phi) is 5.07. The van der Waals surface area contributed by atoms with Crippen LogP contribution in [0.3, 0.4) is 0 Å². The van der Waals surface area contributed by atoms with Crippen LogP contribution in [0.15, 0.2) is 24.3 Å². The van der Waals surface area contributed by atoms with Crippen molar-refractivity contribution in [1.29, 1.82) is 0 Å². The SMILES string of the molecule is CCOC(=O)NNC(=O)C1(c2ccc(Cl)cc2)CCCC1. The van der Waals surface area contributed by atoms with Gasteiger partial charge in [-0.05, 0) is 37.5 Å². The van der Waals surface area contributed by atoms with Crippen molar-refractivity contribution in [2.75, 3.05) is 6.61 Å². The number of ether oxygens (including phenoxy) is 1. The van der Waals surface area contributed by atoms with E-state index in [1.165, 1.54) is 0 Å². The van der Waals surface area contributed by atoms with Crippen LogP contribution >= 0.6 is 11.6 Å². The number of hydrogen-bond donors (Lipinski definition) is 2. The van der Waals surface area contributed by atoms with E-state index in [-0.39, 0.29) is 12.5 Å². The number of hydrogen-bond acceptors (Lipinski definition) is 3. The molecular formula is C15H19ClN2O3. The Hall–Kier alpha value is -1.75. The zero-order valence-electron chi connectivity index (χ0n) is 11.9. The van der Waals surface area contributed by atoms with E-state index in [1.807, 2.05) is 12.1 Å². The van der Waals surface area contributed by atoms with E-state index in [0.717, 1.165) is 31.2 Å². The highest BCUT2D eigenvalue weighted by molar-refractivity contribution is 6.30. The van der Waals surface area contributed by atoms with Gasteiger partial charge in [0.15, 0.2) is 0 Å². The number of hydrazine groups is 1. The molecule has 0 atom stereocenters. The lowest BCUT2D eigenvalue weighted by molar-refractivity contribution is -0.127. The summed E-state index contributed by atoms with van der Waals surface area (Å²) in [5.74, 6) is -0.213. The van der Waals surface area contributed by atoms with E-state index < -0.39 is 11.5 Å². The number of benzene rings is 1. The molecule has 0 radical (unpaired) electrons. The molecule has 1 aromatic carbocycles. The Morgan fingerprint density at radius 1 is 1.19 bits per heavy atom. The summed E-state index contributed by atoms with van der Waals surface area (Å²) in [6.07, 6.45) is 2.82. The minimum absolute atomic E-state index is 0.213. The van der Waals surface area contributed by atoms with E-state index in [1.54, 1.807) is 19.1 Å². The third-order valence-electron chi connectivity index (χ3n) is 3.84. The molecular weight excluding hydrogens is 292 g/mol. The average molecular weight is 311 g/mol. The van der Waals surface area contributed by atoms with Gasteiger partial charge >= 0.3 is 6.09 Å². The van der Waals surface area contributed by atoms with Crippen LogP contribution in [0.5, 0.6) is 0 Å². The van der Waals surface area contributed by atoms with Gasteiger partial charge in [-0.2, -0.15) is 0 Å². The van der Waals surface area contributed by atoms with Crippen molar-refractivity contribution in [3.8, 4) is 0 Å². The molecule has 1 aromatic rings. The van der Waals surface area contributed by atoms with Crippen LogP contribution in [0, 0.1) is 0 Å². The number of carbonyl (C=O) groups is 2. The first-order chi connectivity index (χ1) is 10.1. The zero-order valence-corrected chi connectivity index (χ0v) is 12.7. The van der Waals surface area contributed by atoms with Crippen molar-refractivity contribution in [1.82, 2.24) is 10.9 Å². The van der Waals surface area contributed by atoms with Gasteiger partial charge in [-0.15, -0.1) is 0 Å². The molecule has 0 aliphatic heterocycles. The fraction of sp³-hybridized carbons (Fsp3) is 0.467. The second-order valence-corrected chi connectivity index (χ2v) is 5.53. The number of rotatable bonds is 3. The molecule has 114 valence electrons. The third-order valence-corrected chi connectivity index (χ3v) is 4.09. The molecule has 1 saturated carbocycles. The fourth-order valence-corrected chi connectivity index (χ4v) is 2.91. The summed E-state index contributed by atoms with van der Waals surface area (Å²) in [6, 6.07) is 7.31. The fourth-order valence-electron chi connectivity index (χ4n) is 2.79. The van der Waals surface area contributed by atoms with Crippen LogP contribution in [-0.2, 0) is 14.9 Å². The normalized spacial score (nSPS) is 16.3. The smallest absolute Gasteiger partial charge is 0.426 e. The second kappa shape index (κ2) is 6.80. The van der Waals surface area contributed by atoms with Crippen molar-refractivity contribution in [2.45, 2.75) is 38.0 Å². The largest absolute Gasteiger partial charge is 0.449 e. The quantitative estimate of drug-likeness (QED) is 0.844. The minimum Gasteiger partial charge on any atom is -0.449 e. The van der Waals surface area contributed by atoms with Crippen LogP contribution in [0.25, 0.3) is 0 Å². The number of halogens is 1. The average Bonchev–Trinajstić information content (AvgIpc) is 2.96. The molecule has 1 aliphatic carbocycles. The molecule has 21 heavy (non-hydrogen) atoms. The van der Waals surface area contributed by atoms with Gasteiger partial charge in [-0.3, -0.25) is 10.2 Å². The molecule has 0 bridgehead atoms. The van der Waals surface area contributed by atoms with E-state index in [4.69, 9.17) is 16.3 Å². The summed E-state index contributed by atoms with van der Waals surface area (Å²) in [5.41, 5.74) is 5.06. The van der Waals surface area contributed by atoms with Gasteiger partial charge in [0, 0.05) is 5.02 Å². The highest BCUT2D eigenvalue weighted by Gasteiger charge is 2.42. The highest BCUT2D eigenvalue weighted by Crippen LogP contribution is 2.41. The van der Waals surface area contributed by atoms with Crippen molar-refractivity contribution < 1.29 is 14.3 Å². The molecule has 1 fully saturated rings. The van der Waals surface area contributed by atoms with Gasteiger partial charge in [0.25, 0.3) is 0 Å². The van der Waals surface area contributed by atoms with Crippen molar-refractivity contribution >= 4 is 23.6 Å². The number of carbonyl (C=O) groups excluding carboxylic acids is 2. The lowest BCUT2D eigenvalue weighted by atomic mass is 9.78. The van der Waals surface area contributed by atoms with Gasteiger partial charge in [-0.25, -0.2) is 10.2 Å². The van der Waals surface area contributed by atoms with Gasteiger partial charge in [-0.1, -0.05) is 36.6 Å². The Morgan fingerprint density at radius 2 is 1.81 bits per heavy atom. The van der Waals surface area contributed by atoms with Crippen LogP contribution in [0.4, 0.5) is 4.79 Å². The summed E-state index contributed by atoms with van der Waals surface area (Å²) in [5, 5.41) is 0.636. The Labute approximate surface area is 129 Å². The molecule has 0 unspecified atom stereocenters. The summed E-state index contributed by atoms with van der Waals surface area (Å²) < 4.78 is 4.73. The first kappa shape index (κ1) is 15.6. The molecule has 0 aromatic heterocycles. The van der Waals surface area contributed by atoms with E-state index >= 15 is 0 Å². The molecule has 2 rings (SSSR count). The van der Waals surface area contributed by atoms with Crippen molar-refractivity contribution in [3.05, 3.63) is 34.9 Å². The van der Waals surface area contributed by atoms with E-state index in [2.05, 4.69) is 10.9 Å². The predicted octanol–water partition coefficient (Wildman–Crippen LogP) is 2.93. The standard InChI is InChI=1S/C15H19ClN2O3/c1-2-21-14(20)18-17-13(19)15(9-3-4-10-15)11-5-7-12(16)8-6-11/h5-8H,2-4,9-10H2,1H3,(H,17,19)(H,18,20). The molecule has 2 N–H and O–H groups in total. The van der Waals surface area contributed by atoms with Crippen LogP contribution in [0.2, 0.25) is 5.02 Å². The highest BCUT2D eigenvalue weighted by atomic mass is 35.5. The molecule has 0 saturated heterocycles. The molecule has 0 spiro atoms. The topological polar surface area (TPSA) is 67.4 Å². The summed E-state index contributed by atoms with van der Waals surface area (Å²) in [4.78, 5) is 23.8. The predicted molar refractivity (Wildman–Crippen MR) is 79.9 cm³/mol. The third kappa shape index (κ3) is 3.47. The summed E-state index contributed by atoms with van der Waals surface area (Å²) >= 11 is 5.91. The maximum absolute atomic E-state index is 12.5. The summed E-state index contributed by atoms with van der Waals surface area (Å²) in [6.45, 7) is 1.96. The van der Waals surface area contributed by atoms with Crippen LogP contribution in [0.1, 0.15) is 38.2 Å². The summed E-state index contributed by atoms with van der Waals surface area (Å²) in [7, 11) is 0. The van der Waals surface area contributed by atoms with Gasteiger partial charge in [0.05, 0.1) is 12.0 Å². The van der Waals surface area contributed by atoms with E-state index in [0.29, 0.717) is 5.02 Å². The second-order valence-electron chi connectivity index (χ2n) is 5.10. The van der Waals surface area contributed by atoms with Gasteiger partial charge < -0.3 is 4.74 Å².